The number of carbonyl (C=O) groups is 5. The number of phenolic OH excluding ortho intramolecular Hbond substituents is 1. The van der Waals surface area contributed by atoms with Crippen molar-refractivity contribution in [2.75, 3.05) is 25.6 Å². The fourth-order valence-electron chi connectivity index (χ4n) is 7.25. The van der Waals surface area contributed by atoms with E-state index < -0.39 is 83.5 Å². The fourth-order valence-corrected chi connectivity index (χ4v) is 7.72. The van der Waals surface area contributed by atoms with Gasteiger partial charge in [0.1, 0.15) is 35.7 Å². The Hall–Kier alpha value is -6.58. The summed E-state index contributed by atoms with van der Waals surface area (Å²) >= 11 is 1.39. The Labute approximate surface area is 378 Å². The number of aromatic amines is 2. The summed E-state index contributed by atoms with van der Waals surface area (Å²) < 4.78 is 6.75. The van der Waals surface area contributed by atoms with Crippen molar-refractivity contribution in [3.63, 3.8) is 0 Å². The molecule has 0 spiro atoms. The predicted molar refractivity (Wildman–Crippen MR) is 243 cm³/mol. The number of thioether (sulfide) groups is 1. The van der Waals surface area contributed by atoms with E-state index in [-0.39, 0.29) is 43.1 Å². The fraction of sp³-hybridized carbons (Fsp3) is 0.432. The van der Waals surface area contributed by atoms with Crippen LogP contribution >= 0.6 is 11.8 Å². The molecule has 350 valence electrons. The van der Waals surface area contributed by atoms with E-state index in [1.165, 1.54) is 29.8 Å². The van der Waals surface area contributed by atoms with Gasteiger partial charge in [-0.05, 0) is 73.6 Å². The van der Waals surface area contributed by atoms with Crippen molar-refractivity contribution in [1.82, 2.24) is 46.0 Å². The molecule has 21 heteroatoms. The van der Waals surface area contributed by atoms with Gasteiger partial charge in [0.25, 0.3) is 5.56 Å². The van der Waals surface area contributed by atoms with Gasteiger partial charge < -0.3 is 56.5 Å². The monoisotopic (exact) mass is 919 g/mol. The van der Waals surface area contributed by atoms with Gasteiger partial charge in [0.05, 0.1) is 12.1 Å². The Kier molecular flexibility index (Phi) is 17.4. The van der Waals surface area contributed by atoms with Crippen LogP contribution in [-0.2, 0) is 36.8 Å². The summed E-state index contributed by atoms with van der Waals surface area (Å²) in [6, 6.07) is 7.93. The normalized spacial score (nSPS) is 17.7. The summed E-state index contributed by atoms with van der Waals surface area (Å²) in [7, 11) is 1.48. The number of aromatic nitrogens is 3. The Balaban J connectivity index is 1.38. The van der Waals surface area contributed by atoms with Crippen molar-refractivity contribution in [2.45, 2.75) is 89.0 Å². The molecule has 7 atom stereocenters. The van der Waals surface area contributed by atoms with Crippen LogP contribution in [0, 0.1) is 5.92 Å². The molecule has 10 N–H and O–H groups in total. The average molecular weight is 920 g/mol. The van der Waals surface area contributed by atoms with Gasteiger partial charge in [-0.25, -0.2) is 14.4 Å². The van der Waals surface area contributed by atoms with E-state index in [0.717, 1.165) is 33.9 Å². The van der Waals surface area contributed by atoms with Crippen molar-refractivity contribution in [3.05, 3.63) is 111 Å². The molecule has 4 aromatic rings. The van der Waals surface area contributed by atoms with Gasteiger partial charge in [0, 0.05) is 55.5 Å². The van der Waals surface area contributed by atoms with Gasteiger partial charge in [-0.3, -0.25) is 28.7 Å². The Morgan fingerprint density at radius 3 is 2.40 bits per heavy atom. The molecule has 1 aliphatic heterocycles. The van der Waals surface area contributed by atoms with Crippen LogP contribution in [0.1, 0.15) is 51.0 Å². The molecule has 5 rings (SSSR count). The number of amides is 5. The quantitative estimate of drug-likeness (QED) is 0.0565. The maximum atomic E-state index is 14.3. The molecule has 0 saturated carbocycles. The SMILES string of the molecule is CSCCC(NC(=O)NC(Cc1c[nH]c2ccccc12)C(=O)O)C(=O)NC(C(=O)N/C=C1\C[C@H](O)[C@@H](n2ccc(=O)[nH]c2=O)O1)C(C)N(C)C(=O)C(Cc1cccc(O)c1)NCC(C)C. The Bertz CT molecular complexity index is 2470. The number of carbonyl (C=O) groups excluding carboxylic acids is 4. The van der Waals surface area contributed by atoms with E-state index >= 15 is 0 Å². The first-order valence-corrected chi connectivity index (χ1v) is 22.4. The molecule has 5 amide bonds. The zero-order valence-corrected chi connectivity index (χ0v) is 37.5. The lowest BCUT2D eigenvalue weighted by Gasteiger charge is -2.35. The molecule has 1 saturated heterocycles. The van der Waals surface area contributed by atoms with Gasteiger partial charge in [0.15, 0.2) is 0 Å². The van der Waals surface area contributed by atoms with Crippen LogP contribution in [0.15, 0.2) is 88.5 Å². The molecule has 0 bridgehead atoms. The van der Waals surface area contributed by atoms with Crippen LogP contribution in [0.3, 0.4) is 0 Å². The molecule has 20 nitrogen and oxygen atoms in total. The number of aliphatic carboxylic acids is 1. The highest BCUT2D eigenvalue weighted by Crippen LogP contribution is 2.30. The largest absolute Gasteiger partial charge is 0.508 e. The number of aromatic hydroxyl groups is 1. The van der Waals surface area contributed by atoms with Crippen molar-refractivity contribution in [2.24, 2.45) is 5.92 Å². The number of hydrogen-bond acceptors (Lipinski definition) is 12. The number of aliphatic hydroxyl groups excluding tert-OH is 1. The lowest BCUT2D eigenvalue weighted by atomic mass is 10.0. The van der Waals surface area contributed by atoms with Crippen LogP contribution in [-0.4, -0.2) is 126 Å². The first-order valence-electron chi connectivity index (χ1n) is 21.0. The lowest BCUT2D eigenvalue weighted by Crippen LogP contribution is -2.62. The molecule has 5 unspecified atom stereocenters. The van der Waals surface area contributed by atoms with Crippen molar-refractivity contribution >= 4 is 52.4 Å². The highest BCUT2D eigenvalue weighted by atomic mass is 32.2. The van der Waals surface area contributed by atoms with E-state index in [9.17, 15) is 48.9 Å². The minimum absolute atomic E-state index is 0.0229. The third-order valence-electron chi connectivity index (χ3n) is 10.9. The molecule has 0 aliphatic carbocycles. The number of nitrogens with one attached hydrogen (secondary N) is 7. The van der Waals surface area contributed by atoms with Crippen LogP contribution in [0.25, 0.3) is 10.9 Å². The Morgan fingerprint density at radius 1 is 0.969 bits per heavy atom. The van der Waals surface area contributed by atoms with Crippen molar-refractivity contribution in [3.8, 4) is 5.75 Å². The minimum atomic E-state index is -1.49. The molecular weight excluding hydrogens is 863 g/mol. The number of fused-ring (bicyclic) bond motifs is 1. The summed E-state index contributed by atoms with van der Waals surface area (Å²) in [6.07, 6.45) is 3.33. The lowest BCUT2D eigenvalue weighted by molar-refractivity contribution is -0.139. The van der Waals surface area contributed by atoms with Crippen LogP contribution < -0.4 is 37.8 Å². The van der Waals surface area contributed by atoms with Crippen LogP contribution in [0.2, 0.25) is 0 Å². The number of para-hydroxylation sites is 1. The highest BCUT2D eigenvalue weighted by molar-refractivity contribution is 7.98. The van der Waals surface area contributed by atoms with E-state index in [1.807, 2.05) is 38.1 Å². The van der Waals surface area contributed by atoms with E-state index in [1.54, 1.807) is 37.6 Å². The molecule has 0 radical (unpaired) electrons. The van der Waals surface area contributed by atoms with Gasteiger partial charge in [0.2, 0.25) is 23.9 Å². The number of ether oxygens (including phenoxy) is 1. The first kappa shape index (κ1) is 49.4. The third kappa shape index (κ3) is 13.5. The topological polar surface area (TPSA) is 289 Å². The van der Waals surface area contributed by atoms with Gasteiger partial charge in [-0.15, -0.1) is 0 Å². The summed E-state index contributed by atoms with van der Waals surface area (Å²) in [5.74, 6) is -2.75. The number of nitrogens with zero attached hydrogens (tertiary/aromatic N) is 2. The molecule has 3 heterocycles. The number of urea groups is 1. The van der Waals surface area contributed by atoms with Crippen LogP contribution in [0.4, 0.5) is 4.79 Å². The average Bonchev–Trinajstić information content (AvgIpc) is 3.85. The van der Waals surface area contributed by atoms with Crippen LogP contribution in [0.5, 0.6) is 5.75 Å². The zero-order chi connectivity index (χ0) is 47.4. The highest BCUT2D eigenvalue weighted by Gasteiger charge is 2.37. The number of carboxylic acid groups (broad SMARTS) is 1. The summed E-state index contributed by atoms with van der Waals surface area (Å²) in [6.45, 7) is 5.96. The summed E-state index contributed by atoms with van der Waals surface area (Å²) in [4.78, 5) is 99.1. The second kappa shape index (κ2) is 22.9. The van der Waals surface area contributed by atoms with Crippen molar-refractivity contribution < 1.29 is 44.0 Å². The number of phenols is 1. The van der Waals surface area contributed by atoms with Gasteiger partial charge in [-0.2, -0.15) is 11.8 Å². The summed E-state index contributed by atoms with van der Waals surface area (Å²) in [5, 5.41) is 45.3. The third-order valence-corrected chi connectivity index (χ3v) is 11.5. The molecule has 1 fully saturated rings. The van der Waals surface area contributed by atoms with E-state index in [0.29, 0.717) is 23.4 Å². The van der Waals surface area contributed by atoms with Gasteiger partial charge >= 0.3 is 17.7 Å². The van der Waals surface area contributed by atoms with E-state index in [2.05, 4.69) is 36.6 Å². The predicted octanol–water partition coefficient (Wildman–Crippen LogP) is 1.27. The first-order chi connectivity index (χ1) is 30.9. The molecular formula is C44H57N9O11S. The number of hydrogen-bond donors (Lipinski definition) is 10. The number of carboxylic acids is 1. The maximum absolute atomic E-state index is 14.3. The number of H-pyrrole nitrogens is 2. The van der Waals surface area contributed by atoms with E-state index in [4.69, 9.17) is 4.74 Å². The maximum Gasteiger partial charge on any atom is 0.331 e. The standard InChI is InChI=1S/C44H57N9O11S/c1-24(2)21-45-33(18-26-9-8-10-28(54)17-26)40(59)52(4)25(3)37(39(58)47-23-29-20-35(55)41(64-29)53-15-13-36(56)50-44(53)63)51-38(57)32(14-16-65-5)48-43(62)49-34(42(60)61)19-27-22-46-31-12-7-6-11-30(27)31/h6-13,15,17,22-25,32-35,37,41,45-46,54-55H,14,16,18-21H2,1-5H3,(H,47,58)(H,51,57)(H,60,61)(H2,48,49,62)(H,50,56,63)/b29-23+/t25?,32?,33?,34?,35-,37?,41-/m0/s1. The minimum Gasteiger partial charge on any atom is -0.508 e. The van der Waals surface area contributed by atoms with Crippen molar-refractivity contribution in [1.29, 1.82) is 0 Å². The summed E-state index contributed by atoms with van der Waals surface area (Å²) in [5.41, 5.74) is 0.644. The number of aliphatic hydroxyl groups is 1. The Morgan fingerprint density at radius 2 is 1.71 bits per heavy atom. The van der Waals surface area contributed by atoms with Gasteiger partial charge in [-0.1, -0.05) is 44.2 Å². The molecule has 2 aromatic carbocycles. The smallest absolute Gasteiger partial charge is 0.331 e. The number of rotatable bonds is 21. The number of benzene rings is 2. The molecule has 2 aromatic heterocycles. The number of likely N-dealkylation sites (N-methyl/N-ethyl adjacent to an activating group) is 1. The zero-order valence-electron chi connectivity index (χ0n) is 36.7. The second-order valence-electron chi connectivity index (χ2n) is 16.2. The molecule has 65 heavy (non-hydrogen) atoms. The second-order valence-corrected chi connectivity index (χ2v) is 17.2. The molecule has 1 aliphatic rings.